The van der Waals surface area contributed by atoms with Crippen molar-refractivity contribution in [3.05, 3.63) is 45.3 Å². The van der Waals surface area contributed by atoms with Crippen molar-refractivity contribution in [1.82, 2.24) is 4.37 Å². The van der Waals surface area contributed by atoms with Crippen LogP contribution in [0.3, 0.4) is 0 Å². The average molecular weight is 359 g/mol. The van der Waals surface area contributed by atoms with E-state index in [1.807, 2.05) is 0 Å². The van der Waals surface area contributed by atoms with E-state index in [0.29, 0.717) is 5.69 Å². The Bertz CT molecular complexity index is 702. The Balaban J connectivity index is 2.33. The number of halogens is 2. The Hall–Kier alpha value is -1.80. The van der Waals surface area contributed by atoms with Crippen LogP contribution in [0.15, 0.2) is 22.7 Å². The minimum absolute atomic E-state index is 0.0237. The van der Waals surface area contributed by atoms with Crippen LogP contribution in [-0.2, 0) is 0 Å². The molecule has 2 rings (SSSR count). The van der Waals surface area contributed by atoms with Crippen molar-refractivity contribution in [3.63, 3.8) is 0 Å². The number of carboxylic acid groups (broad SMARTS) is 1. The summed E-state index contributed by atoms with van der Waals surface area (Å²) in [6.45, 7) is 1.54. The summed E-state index contributed by atoms with van der Waals surface area (Å²) in [6.07, 6.45) is 0. The van der Waals surface area contributed by atoms with Crippen LogP contribution in [0.25, 0.3) is 0 Å². The minimum Gasteiger partial charge on any atom is -0.478 e. The van der Waals surface area contributed by atoms with Gasteiger partial charge in [0.1, 0.15) is 16.4 Å². The quantitative estimate of drug-likeness (QED) is 0.881. The van der Waals surface area contributed by atoms with Gasteiger partial charge in [0.2, 0.25) is 0 Å². The first kappa shape index (κ1) is 14.6. The number of carboxylic acids is 1. The van der Waals surface area contributed by atoms with Crippen LogP contribution in [0.5, 0.6) is 0 Å². The number of carbonyl (C=O) groups excluding carboxylic acids is 1. The molecule has 1 aromatic heterocycles. The van der Waals surface area contributed by atoms with Gasteiger partial charge >= 0.3 is 5.97 Å². The fraction of sp³-hybridized carbons (Fsp3) is 0.0833. The lowest BCUT2D eigenvalue weighted by molar-refractivity contribution is 0.0697. The minimum atomic E-state index is -1.18. The van der Waals surface area contributed by atoms with E-state index in [1.165, 1.54) is 25.1 Å². The number of aromatic carboxylic acids is 1. The van der Waals surface area contributed by atoms with Gasteiger partial charge in [0.25, 0.3) is 5.91 Å². The summed E-state index contributed by atoms with van der Waals surface area (Å²) < 4.78 is 17.3. The summed E-state index contributed by atoms with van der Waals surface area (Å²) in [5.41, 5.74) is 0.333. The van der Waals surface area contributed by atoms with Crippen LogP contribution in [-0.4, -0.2) is 21.4 Å². The maximum Gasteiger partial charge on any atom is 0.340 e. The summed E-state index contributed by atoms with van der Waals surface area (Å²) in [5, 5.41) is 11.6. The number of hydrogen-bond acceptors (Lipinski definition) is 4. The average Bonchev–Trinajstić information content (AvgIpc) is 2.73. The Morgan fingerprint density at radius 1 is 1.45 bits per heavy atom. The first-order chi connectivity index (χ1) is 9.41. The topological polar surface area (TPSA) is 79.3 Å². The molecule has 1 amide bonds. The maximum atomic E-state index is 13.4. The van der Waals surface area contributed by atoms with Crippen LogP contribution < -0.4 is 5.32 Å². The molecule has 0 spiro atoms. The van der Waals surface area contributed by atoms with Gasteiger partial charge in [-0.25, -0.2) is 9.18 Å². The normalized spacial score (nSPS) is 10.3. The Kier molecular flexibility index (Phi) is 4.15. The van der Waals surface area contributed by atoms with Gasteiger partial charge < -0.3 is 10.4 Å². The lowest BCUT2D eigenvalue weighted by Gasteiger charge is -2.06. The number of nitrogens with zero attached hydrogens (tertiary/aromatic N) is 1. The molecule has 8 heteroatoms. The van der Waals surface area contributed by atoms with Gasteiger partial charge in [0.15, 0.2) is 0 Å². The van der Waals surface area contributed by atoms with Crippen molar-refractivity contribution in [2.24, 2.45) is 0 Å². The SMILES string of the molecule is Cc1nsc(NC(=O)c2cccc(F)c2Br)c1C(=O)O. The third kappa shape index (κ3) is 2.70. The molecule has 1 heterocycles. The number of anilines is 1. The van der Waals surface area contributed by atoms with Gasteiger partial charge in [-0.2, -0.15) is 4.37 Å². The Labute approximate surface area is 125 Å². The van der Waals surface area contributed by atoms with Crippen LogP contribution in [0.2, 0.25) is 0 Å². The number of rotatable bonds is 3. The summed E-state index contributed by atoms with van der Waals surface area (Å²) in [4.78, 5) is 23.1. The van der Waals surface area contributed by atoms with Crippen LogP contribution in [0.4, 0.5) is 9.39 Å². The number of nitrogens with one attached hydrogen (secondary N) is 1. The van der Waals surface area contributed by atoms with E-state index in [1.54, 1.807) is 0 Å². The van der Waals surface area contributed by atoms with Crippen LogP contribution in [0.1, 0.15) is 26.4 Å². The molecule has 0 fully saturated rings. The van der Waals surface area contributed by atoms with E-state index >= 15 is 0 Å². The molecule has 0 aliphatic carbocycles. The van der Waals surface area contributed by atoms with Crippen molar-refractivity contribution in [1.29, 1.82) is 0 Å². The molecule has 0 aliphatic rings. The Morgan fingerprint density at radius 2 is 2.15 bits per heavy atom. The summed E-state index contributed by atoms with van der Waals surface area (Å²) in [5.74, 6) is -2.36. The molecule has 0 saturated heterocycles. The fourth-order valence-electron chi connectivity index (χ4n) is 1.56. The molecule has 20 heavy (non-hydrogen) atoms. The molecule has 104 valence electrons. The third-order valence-electron chi connectivity index (χ3n) is 2.50. The molecule has 5 nitrogen and oxygen atoms in total. The molecule has 2 N–H and O–H groups in total. The number of benzene rings is 1. The fourth-order valence-corrected chi connectivity index (χ4v) is 2.79. The largest absolute Gasteiger partial charge is 0.478 e. The zero-order chi connectivity index (χ0) is 14.9. The summed E-state index contributed by atoms with van der Waals surface area (Å²) in [6, 6.07) is 4.03. The van der Waals surface area contributed by atoms with Crippen molar-refractivity contribution in [2.45, 2.75) is 6.92 Å². The van der Waals surface area contributed by atoms with Crippen LogP contribution >= 0.6 is 27.5 Å². The molecule has 0 bridgehead atoms. The predicted molar refractivity (Wildman–Crippen MR) is 75.9 cm³/mol. The van der Waals surface area contributed by atoms with E-state index in [0.717, 1.165) is 11.5 Å². The molecule has 1 aromatic carbocycles. The van der Waals surface area contributed by atoms with E-state index in [4.69, 9.17) is 5.11 Å². The third-order valence-corrected chi connectivity index (χ3v) is 4.16. The second-order valence-corrected chi connectivity index (χ2v) is 5.40. The first-order valence-corrected chi connectivity index (χ1v) is 6.93. The number of aryl methyl sites for hydroxylation is 1. The second kappa shape index (κ2) is 5.68. The zero-order valence-corrected chi connectivity index (χ0v) is 12.5. The number of aromatic nitrogens is 1. The highest BCUT2D eigenvalue weighted by Crippen LogP contribution is 2.27. The molecule has 0 radical (unpaired) electrons. The van der Waals surface area contributed by atoms with Gasteiger partial charge in [0, 0.05) is 0 Å². The molecule has 0 saturated carbocycles. The number of hydrogen-bond donors (Lipinski definition) is 2. The van der Waals surface area contributed by atoms with E-state index < -0.39 is 17.7 Å². The van der Waals surface area contributed by atoms with Crippen molar-refractivity contribution in [3.8, 4) is 0 Å². The van der Waals surface area contributed by atoms with Gasteiger partial charge in [0.05, 0.1) is 15.7 Å². The molecule has 0 unspecified atom stereocenters. The van der Waals surface area contributed by atoms with E-state index in [2.05, 4.69) is 25.6 Å². The molecular formula is C12H8BrFN2O3S. The summed E-state index contributed by atoms with van der Waals surface area (Å²) >= 11 is 3.85. The van der Waals surface area contributed by atoms with Crippen molar-refractivity contribution < 1.29 is 19.1 Å². The highest BCUT2D eigenvalue weighted by Gasteiger charge is 2.21. The van der Waals surface area contributed by atoms with Gasteiger partial charge in [-0.3, -0.25) is 4.79 Å². The molecule has 0 atom stereocenters. The van der Waals surface area contributed by atoms with Gasteiger partial charge in [-0.1, -0.05) is 6.07 Å². The number of carbonyl (C=O) groups is 2. The summed E-state index contributed by atoms with van der Waals surface area (Å²) in [7, 11) is 0. The van der Waals surface area contributed by atoms with Crippen LogP contribution in [0, 0.1) is 12.7 Å². The van der Waals surface area contributed by atoms with E-state index in [9.17, 15) is 14.0 Å². The lowest BCUT2D eigenvalue weighted by Crippen LogP contribution is -2.14. The lowest BCUT2D eigenvalue weighted by atomic mass is 10.2. The highest BCUT2D eigenvalue weighted by molar-refractivity contribution is 9.10. The maximum absolute atomic E-state index is 13.4. The monoisotopic (exact) mass is 358 g/mol. The zero-order valence-electron chi connectivity index (χ0n) is 10.1. The smallest absolute Gasteiger partial charge is 0.340 e. The molecule has 2 aromatic rings. The standard InChI is InChI=1S/C12H8BrFN2O3S/c1-5-8(12(18)19)11(20-16-5)15-10(17)6-3-2-4-7(14)9(6)13/h2-4H,1H3,(H,15,17)(H,18,19). The Morgan fingerprint density at radius 3 is 2.80 bits per heavy atom. The van der Waals surface area contributed by atoms with Crippen molar-refractivity contribution in [2.75, 3.05) is 5.32 Å². The first-order valence-electron chi connectivity index (χ1n) is 5.36. The van der Waals surface area contributed by atoms with E-state index in [-0.39, 0.29) is 20.6 Å². The highest BCUT2D eigenvalue weighted by atomic mass is 79.9. The predicted octanol–water partition coefficient (Wildman–Crippen LogP) is 3.30. The molecule has 0 aliphatic heterocycles. The van der Waals surface area contributed by atoms with Crippen molar-refractivity contribution >= 4 is 44.3 Å². The molecular weight excluding hydrogens is 351 g/mol. The van der Waals surface area contributed by atoms with Gasteiger partial charge in [-0.15, -0.1) is 0 Å². The number of amides is 1. The second-order valence-electron chi connectivity index (χ2n) is 3.83. The van der Waals surface area contributed by atoms with Gasteiger partial charge in [-0.05, 0) is 46.5 Å².